The van der Waals surface area contributed by atoms with Crippen LogP contribution in [-0.2, 0) is 7.05 Å². The molecule has 1 aliphatic heterocycles. The Morgan fingerprint density at radius 1 is 1.09 bits per heavy atom. The van der Waals surface area contributed by atoms with E-state index in [-0.39, 0.29) is 5.82 Å². The van der Waals surface area contributed by atoms with Gasteiger partial charge in [-0.05, 0) is 30.3 Å². The zero-order valence-electron chi connectivity index (χ0n) is 13.1. The van der Waals surface area contributed by atoms with E-state index in [4.69, 9.17) is 0 Å². The van der Waals surface area contributed by atoms with E-state index in [9.17, 15) is 4.39 Å². The summed E-state index contributed by atoms with van der Waals surface area (Å²) in [5.41, 5.74) is 3.50. The molecule has 5 heteroatoms. The second kappa shape index (κ2) is 5.66. The Bertz CT molecular complexity index is 849. The third-order valence-electron chi connectivity index (χ3n) is 4.46. The van der Waals surface area contributed by atoms with Gasteiger partial charge in [0.2, 0.25) is 0 Å². The van der Waals surface area contributed by atoms with Crippen LogP contribution in [0.15, 0.2) is 42.5 Å². The number of nitrogens with zero attached hydrogens (tertiary/aromatic N) is 3. The summed E-state index contributed by atoms with van der Waals surface area (Å²) in [7, 11) is 1.93. The van der Waals surface area contributed by atoms with Gasteiger partial charge in [-0.1, -0.05) is 12.1 Å². The van der Waals surface area contributed by atoms with Gasteiger partial charge in [0.05, 0.1) is 16.6 Å². The monoisotopic (exact) mass is 310 g/mol. The minimum absolute atomic E-state index is 0.234. The van der Waals surface area contributed by atoms with Crippen molar-refractivity contribution in [3.63, 3.8) is 0 Å². The number of para-hydroxylation sites is 2. The molecule has 23 heavy (non-hydrogen) atoms. The van der Waals surface area contributed by atoms with Crippen molar-refractivity contribution in [2.75, 3.05) is 31.1 Å². The van der Waals surface area contributed by atoms with Crippen LogP contribution < -0.4 is 10.2 Å². The van der Waals surface area contributed by atoms with Gasteiger partial charge in [0.25, 0.3) is 0 Å². The summed E-state index contributed by atoms with van der Waals surface area (Å²) in [5.74, 6) is 0.433. The Labute approximate surface area is 134 Å². The molecule has 1 N–H and O–H groups in total. The molecule has 4 nitrogen and oxygen atoms in total. The number of aromatic nitrogens is 2. The number of piperazine rings is 1. The number of hydrogen-bond donors (Lipinski definition) is 1. The van der Waals surface area contributed by atoms with Gasteiger partial charge in [-0.15, -0.1) is 0 Å². The van der Waals surface area contributed by atoms with E-state index in [0.29, 0.717) is 11.4 Å². The third kappa shape index (κ3) is 2.47. The van der Waals surface area contributed by atoms with Gasteiger partial charge in [-0.3, -0.25) is 0 Å². The third-order valence-corrected chi connectivity index (χ3v) is 4.46. The van der Waals surface area contributed by atoms with Crippen molar-refractivity contribution in [3.8, 4) is 11.4 Å². The highest BCUT2D eigenvalue weighted by Gasteiger charge is 2.17. The quantitative estimate of drug-likeness (QED) is 0.790. The predicted molar refractivity (Wildman–Crippen MR) is 91.2 cm³/mol. The lowest BCUT2D eigenvalue weighted by molar-refractivity contribution is 0.588. The molecule has 1 aromatic heterocycles. The zero-order chi connectivity index (χ0) is 15.8. The Morgan fingerprint density at radius 2 is 1.87 bits per heavy atom. The maximum Gasteiger partial charge on any atom is 0.143 e. The summed E-state index contributed by atoms with van der Waals surface area (Å²) in [6.45, 7) is 3.79. The molecule has 1 saturated heterocycles. The molecule has 2 heterocycles. The van der Waals surface area contributed by atoms with E-state index in [1.807, 2.05) is 48.0 Å². The second-order valence-corrected chi connectivity index (χ2v) is 5.88. The van der Waals surface area contributed by atoms with Gasteiger partial charge < -0.3 is 14.8 Å². The molecule has 1 aliphatic rings. The number of halogens is 1. The number of rotatable bonds is 2. The average Bonchev–Trinajstić information content (AvgIpc) is 2.93. The number of imidazole rings is 1. The molecular formula is C18H19FN4. The first-order chi connectivity index (χ1) is 11.2. The summed E-state index contributed by atoms with van der Waals surface area (Å²) >= 11 is 0. The molecule has 0 aliphatic carbocycles. The minimum atomic E-state index is -0.234. The van der Waals surface area contributed by atoms with Crippen LogP contribution >= 0.6 is 0 Å². The number of anilines is 1. The first-order valence-electron chi connectivity index (χ1n) is 7.91. The molecule has 0 spiro atoms. The lowest BCUT2D eigenvalue weighted by atomic mass is 10.1. The maximum absolute atomic E-state index is 14.4. The van der Waals surface area contributed by atoms with Crippen molar-refractivity contribution in [1.82, 2.24) is 14.9 Å². The topological polar surface area (TPSA) is 33.1 Å². The predicted octanol–water partition coefficient (Wildman–Crippen LogP) is 2.79. The van der Waals surface area contributed by atoms with Crippen LogP contribution in [0.2, 0.25) is 0 Å². The van der Waals surface area contributed by atoms with Crippen LogP contribution in [0.3, 0.4) is 0 Å². The fourth-order valence-electron chi connectivity index (χ4n) is 3.19. The van der Waals surface area contributed by atoms with Crippen LogP contribution in [-0.4, -0.2) is 35.7 Å². The van der Waals surface area contributed by atoms with Gasteiger partial charge in [-0.25, -0.2) is 9.37 Å². The molecule has 1 fully saturated rings. The summed E-state index contributed by atoms with van der Waals surface area (Å²) < 4.78 is 16.4. The van der Waals surface area contributed by atoms with Crippen molar-refractivity contribution in [3.05, 3.63) is 48.3 Å². The molecule has 4 rings (SSSR count). The Morgan fingerprint density at radius 3 is 2.65 bits per heavy atom. The molecule has 118 valence electrons. The highest BCUT2D eigenvalue weighted by atomic mass is 19.1. The molecule has 0 amide bonds. The second-order valence-electron chi connectivity index (χ2n) is 5.88. The molecule has 0 saturated carbocycles. The normalized spacial score (nSPS) is 15.3. The van der Waals surface area contributed by atoms with Crippen LogP contribution in [0.5, 0.6) is 0 Å². The lowest BCUT2D eigenvalue weighted by Crippen LogP contribution is -2.43. The van der Waals surface area contributed by atoms with E-state index >= 15 is 0 Å². The van der Waals surface area contributed by atoms with Crippen LogP contribution in [0.4, 0.5) is 10.1 Å². The zero-order valence-corrected chi connectivity index (χ0v) is 13.1. The summed E-state index contributed by atoms with van der Waals surface area (Å²) in [4.78, 5) is 6.90. The van der Waals surface area contributed by atoms with Crippen molar-refractivity contribution in [2.24, 2.45) is 7.05 Å². The fraction of sp³-hybridized carbons (Fsp3) is 0.278. The molecule has 0 unspecified atom stereocenters. The average molecular weight is 310 g/mol. The molecular weight excluding hydrogens is 291 g/mol. The SMILES string of the molecule is Cn1c(-c2cc(N3CCNCC3)ccc2F)nc2ccccc21. The largest absolute Gasteiger partial charge is 0.369 e. The standard InChI is InChI=1S/C18H19FN4/c1-22-17-5-3-2-4-16(17)21-18(22)14-12-13(6-7-15(14)19)23-10-8-20-9-11-23/h2-7,12,20H,8-11H2,1H3. The maximum atomic E-state index is 14.4. The molecule has 3 aromatic rings. The summed E-state index contributed by atoms with van der Waals surface area (Å²) in [5, 5.41) is 3.34. The number of fused-ring (bicyclic) bond motifs is 1. The number of nitrogens with one attached hydrogen (secondary N) is 1. The molecule has 2 aromatic carbocycles. The van der Waals surface area contributed by atoms with Crippen molar-refractivity contribution in [2.45, 2.75) is 0 Å². The van der Waals surface area contributed by atoms with Gasteiger partial charge in [0, 0.05) is 38.9 Å². The minimum Gasteiger partial charge on any atom is -0.369 e. The summed E-state index contributed by atoms with van der Waals surface area (Å²) in [6.07, 6.45) is 0. The van der Waals surface area contributed by atoms with Gasteiger partial charge in [-0.2, -0.15) is 0 Å². The van der Waals surface area contributed by atoms with Crippen molar-refractivity contribution >= 4 is 16.7 Å². The highest BCUT2D eigenvalue weighted by Crippen LogP contribution is 2.29. The van der Waals surface area contributed by atoms with Gasteiger partial charge in [0.15, 0.2) is 0 Å². The number of aryl methyl sites for hydroxylation is 1. The Kier molecular flexibility index (Phi) is 3.50. The van der Waals surface area contributed by atoms with Crippen LogP contribution in [0.25, 0.3) is 22.4 Å². The fourth-order valence-corrected chi connectivity index (χ4v) is 3.19. The Hall–Kier alpha value is -2.40. The van der Waals surface area contributed by atoms with Crippen molar-refractivity contribution < 1.29 is 4.39 Å². The van der Waals surface area contributed by atoms with E-state index in [1.54, 1.807) is 6.07 Å². The number of benzene rings is 2. The summed E-state index contributed by atoms with van der Waals surface area (Å²) in [6, 6.07) is 13.2. The van der Waals surface area contributed by atoms with Gasteiger partial charge in [0.1, 0.15) is 11.6 Å². The highest BCUT2D eigenvalue weighted by molar-refractivity contribution is 5.81. The van der Waals surface area contributed by atoms with Crippen LogP contribution in [0.1, 0.15) is 0 Å². The molecule has 0 bridgehead atoms. The van der Waals surface area contributed by atoms with E-state index < -0.39 is 0 Å². The van der Waals surface area contributed by atoms with E-state index in [2.05, 4.69) is 15.2 Å². The van der Waals surface area contributed by atoms with Crippen molar-refractivity contribution in [1.29, 1.82) is 0 Å². The molecule has 0 atom stereocenters. The number of hydrogen-bond acceptors (Lipinski definition) is 3. The van der Waals surface area contributed by atoms with Gasteiger partial charge >= 0.3 is 0 Å². The first-order valence-corrected chi connectivity index (χ1v) is 7.91. The Balaban J connectivity index is 1.81. The van der Waals surface area contributed by atoms with E-state index in [0.717, 1.165) is 42.9 Å². The smallest absolute Gasteiger partial charge is 0.143 e. The van der Waals surface area contributed by atoms with Crippen LogP contribution in [0, 0.1) is 5.82 Å². The van der Waals surface area contributed by atoms with E-state index in [1.165, 1.54) is 0 Å². The first kappa shape index (κ1) is 14.2. The molecule has 0 radical (unpaired) electrons. The lowest BCUT2D eigenvalue weighted by Gasteiger charge is -2.29.